The van der Waals surface area contributed by atoms with E-state index in [0.717, 1.165) is 22.0 Å². The number of ether oxygens (including phenoxy) is 1. The zero-order valence-electron chi connectivity index (χ0n) is 19.9. The summed E-state index contributed by atoms with van der Waals surface area (Å²) in [6.45, 7) is 3.84. The van der Waals surface area contributed by atoms with Gasteiger partial charge in [-0.15, -0.1) is 0 Å². The summed E-state index contributed by atoms with van der Waals surface area (Å²) < 4.78 is 20.1. The van der Waals surface area contributed by atoms with E-state index in [4.69, 9.17) is 4.74 Å². The van der Waals surface area contributed by atoms with Crippen molar-refractivity contribution >= 4 is 27.7 Å². The number of nitrogens with zero attached hydrogens (tertiary/aromatic N) is 1. The lowest BCUT2D eigenvalue weighted by Crippen LogP contribution is -2.53. The average molecular weight is 541 g/mol. The molecule has 184 valence electrons. The normalized spacial score (nSPS) is 12.5. The van der Waals surface area contributed by atoms with Gasteiger partial charge < -0.3 is 15.0 Å². The lowest BCUT2D eigenvalue weighted by Gasteiger charge is -2.32. The fourth-order valence-electron chi connectivity index (χ4n) is 3.54. The second-order valence-electron chi connectivity index (χ2n) is 8.41. The van der Waals surface area contributed by atoms with Crippen molar-refractivity contribution in [1.82, 2.24) is 10.2 Å². The van der Waals surface area contributed by atoms with Gasteiger partial charge in [-0.25, -0.2) is 4.39 Å². The third kappa shape index (κ3) is 8.21. The molecule has 0 unspecified atom stereocenters. The summed E-state index contributed by atoms with van der Waals surface area (Å²) in [5.41, 5.74) is 1.65. The van der Waals surface area contributed by atoms with Crippen LogP contribution in [0.2, 0.25) is 0 Å². The predicted molar refractivity (Wildman–Crippen MR) is 138 cm³/mol. The Bertz CT molecular complexity index is 1090. The molecule has 0 aliphatic carbocycles. The second-order valence-corrected chi connectivity index (χ2v) is 9.33. The summed E-state index contributed by atoms with van der Waals surface area (Å²) in [6, 6.07) is 21.9. The zero-order chi connectivity index (χ0) is 25.2. The van der Waals surface area contributed by atoms with Crippen LogP contribution in [0.4, 0.5) is 4.39 Å². The minimum Gasteiger partial charge on any atom is -0.484 e. The number of amides is 2. The number of carbonyl (C=O) groups excluding carboxylic acids is 2. The molecule has 1 N–H and O–H groups in total. The molecule has 0 fully saturated rings. The minimum absolute atomic E-state index is 0.0393. The summed E-state index contributed by atoms with van der Waals surface area (Å²) in [6.07, 6.45) is 1.11. The van der Waals surface area contributed by atoms with E-state index < -0.39 is 6.04 Å². The van der Waals surface area contributed by atoms with Gasteiger partial charge in [0.1, 0.15) is 17.6 Å². The fraction of sp³-hybridized carbons (Fsp3) is 0.286. The topological polar surface area (TPSA) is 58.6 Å². The first-order valence-corrected chi connectivity index (χ1v) is 12.4. The molecule has 3 aromatic rings. The Balaban J connectivity index is 1.89. The van der Waals surface area contributed by atoms with Crippen LogP contribution in [-0.2, 0) is 22.6 Å². The van der Waals surface area contributed by atoms with Crippen LogP contribution in [0.5, 0.6) is 5.75 Å². The van der Waals surface area contributed by atoms with Crippen LogP contribution in [0, 0.1) is 5.82 Å². The zero-order valence-corrected chi connectivity index (χ0v) is 21.5. The van der Waals surface area contributed by atoms with E-state index in [1.54, 1.807) is 24.3 Å². The maximum Gasteiger partial charge on any atom is 0.261 e. The van der Waals surface area contributed by atoms with Crippen LogP contribution in [0.15, 0.2) is 83.3 Å². The summed E-state index contributed by atoms with van der Waals surface area (Å²) in [7, 11) is 0. The van der Waals surface area contributed by atoms with Crippen molar-refractivity contribution in [3.8, 4) is 5.75 Å². The van der Waals surface area contributed by atoms with Crippen LogP contribution in [0.3, 0.4) is 0 Å². The predicted octanol–water partition coefficient (Wildman–Crippen LogP) is 5.52. The number of hydrogen-bond acceptors (Lipinski definition) is 3. The Hall–Kier alpha value is -3.19. The average Bonchev–Trinajstić information content (AvgIpc) is 2.87. The van der Waals surface area contributed by atoms with E-state index >= 15 is 0 Å². The summed E-state index contributed by atoms with van der Waals surface area (Å²) >= 11 is 3.38. The Kier molecular flexibility index (Phi) is 9.85. The molecule has 2 amide bonds. The largest absolute Gasteiger partial charge is 0.484 e. The van der Waals surface area contributed by atoms with Crippen LogP contribution >= 0.6 is 15.9 Å². The highest BCUT2D eigenvalue weighted by Gasteiger charge is 2.31. The van der Waals surface area contributed by atoms with Gasteiger partial charge in [-0.2, -0.15) is 0 Å². The number of nitrogens with one attached hydrogen (secondary N) is 1. The highest BCUT2D eigenvalue weighted by Crippen LogP contribution is 2.18. The Morgan fingerprint density at radius 3 is 2.26 bits per heavy atom. The van der Waals surface area contributed by atoms with Crippen molar-refractivity contribution < 1.29 is 18.7 Å². The van der Waals surface area contributed by atoms with Gasteiger partial charge in [0.05, 0.1) is 0 Å². The van der Waals surface area contributed by atoms with Gasteiger partial charge in [-0.1, -0.05) is 65.3 Å². The summed E-state index contributed by atoms with van der Waals surface area (Å²) in [5, 5.41) is 3.02. The van der Waals surface area contributed by atoms with Crippen LogP contribution in [0.1, 0.15) is 31.4 Å². The van der Waals surface area contributed by atoms with Crippen molar-refractivity contribution in [1.29, 1.82) is 0 Å². The van der Waals surface area contributed by atoms with Crippen molar-refractivity contribution in [2.75, 3.05) is 6.61 Å². The first-order valence-electron chi connectivity index (χ1n) is 11.6. The maximum absolute atomic E-state index is 13.5. The molecule has 5 nitrogen and oxygen atoms in total. The molecule has 0 aliphatic rings. The van der Waals surface area contributed by atoms with Gasteiger partial charge in [0.2, 0.25) is 5.91 Å². The SMILES string of the molecule is CC[C@H](C)NC(=O)[C@H](Cc1ccccc1)N(Cc1ccc(F)cc1)C(=O)COc1ccc(Br)cc1. The molecule has 0 heterocycles. The standard InChI is InChI=1S/C28H30BrFN2O3/c1-3-20(2)31-28(34)26(17-21-7-5-4-6-8-21)32(18-22-9-13-24(30)14-10-22)27(33)19-35-25-15-11-23(29)12-16-25/h4-16,20,26H,3,17-19H2,1-2H3,(H,31,34)/t20-,26-/m0/s1. The van der Waals surface area contributed by atoms with Gasteiger partial charge in [0.15, 0.2) is 6.61 Å². The first kappa shape index (κ1) is 26.4. The molecule has 3 aromatic carbocycles. The van der Waals surface area contributed by atoms with Crippen molar-refractivity contribution in [3.05, 3.63) is 100 Å². The van der Waals surface area contributed by atoms with Gasteiger partial charge in [-0.05, 0) is 60.9 Å². The lowest BCUT2D eigenvalue weighted by atomic mass is 10.0. The van der Waals surface area contributed by atoms with Gasteiger partial charge in [0, 0.05) is 23.5 Å². The molecule has 35 heavy (non-hydrogen) atoms. The van der Waals surface area contributed by atoms with E-state index in [9.17, 15) is 14.0 Å². The second kappa shape index (κ2) is 13.0. The Morgan fingerprint density at radius 2 is 1.63 bits per heavy atom. The van der Waals surface area contributed by atoms with Crippen LogP contribution in [-0.4, -0.2) is 35.4 Å². The number of halogens is 2. The summed E-state index contributed by atoms with van der Waals surface area (Å²) in [4.78, 5) is 28.4. The molecular weight excluding hydrogens is 511 g/mol. The molecule has 7 heteroatoms. The van der Waals surface area contributed by atoms with E-state index in [-0.39, 0.29) is 36.8 Å². The maximum atomic E-state index is 13.5. The summed E-state index contributed by atoms with van der Waals surface area (Å²) in [5.74, 6) is -0.382. The van der Waals surface area contributed by atoms with Gasteiger partial charge in [-0.3, -0.25) is 9.59 Å². The van der Waals surface area contributed by atoms with E-state index in [1.807, 2.05) is 56.3 Å². The molecule has 0 aliphatic heterocycles. The third-order valence-corrected chi connectivity index (χ3v) is 6.24. The lowest BCUT2D eigenvalue weighted by molar-refractivity contribution is -0.143. The van der Waals surface area contributed by atoms with Crippen LogP contribution < -0.4 is 10.1 Å². The van der Waals surface area contributed by atoms with Crippen LogP contribution in [0.25, 0.3) is 0 Å². The van der Waals surface area contributed by atoms with Gasteiger partial charge in [0.25, 0.3) is 5.91 Å². The highest BCUT2D eigenvalue weighted by molar-refractivity contribution is 9.10. The van der Waals surface area contributed by atoms with E-state index in [0.29, 0.717) is 12.2 Å². The van der Waals surface area contributed by atoms with Crippen molar-refractivity contribution in [3.63, 3.8) is 0 Å². The van der Waals surface area contributed by atoms with E-state index in [1.165, 1.54) is 17.0 Å². The number of carbonyl (C=O) groups is 2. The molecule has 0 saturated heterocycles. The first-order chi connectivity index (χ1) is 16.9. The Labute approximate surface area is 214 Å². The number of benzene rings is 3. The van der Waals surface area contributed by atoms with Gasteiger partial charge >= 0.3 is 0 Å². The number of rotatable bonds is 11. The molecular formula is C28H30BrFN2O3. The fourth-order valence-corrected chi connectivity index (χ4v) is 3.80. The van der Waals surface area contributed by atoms with Crippen molar-refractivity contribution in [2.24, 2.45) is 0 Å². The monoisotopic (exact) mass is 540 g/mol. The molecule has 0 bridgehead atoms. The third-order valence-electron chi connectivity index (χ3n) is 5.71. The molecule has 2 atom stereocenters. The smallest absolute Gasteiger partial charge is 0.261 e. The molecule has 0 radical (unpaired) electrons. The van der Waals surface area contributed by atoms with Crippen molar-refractivity contribution in [2.45, 2.75) is 45.3 Å². The molecule has 0 spiro atoms. The molecule has 0 aromatic heterocycles. The Morgan fingerprint density at radius 1 is 0.971 bits per heavy atom. The quantitative estimate of drug-likeness (QED) is 0.348. The van der Waals surface area contributed by atoms with E-state index in [2.05, 4.69) is 21.2 Å². The highest BCUT2D eigenvalue weighted by atomic mass is 79.9. The minimum atomic E-state index is -0.766. The molecule has 0 saturated carbocycles. The molecule has 3 rings (SSSR count). The number of hydrogen-bond donors (Lipinski definition) is 1.